The maximum atomic E-state index is 12.2. The Morgan fingerprint density at radius 2 is 1.38 bits per heavy atom. The minimum absolute atomic E-state index is 0.126. The van der Waals surface area contributed by atoms with Crippen molar-refractivity contribution < 1.29 is 19.1 Å². The van der Waals surface area contributed by atoms with E-state index in [-0.39, 0.29) is 23.8 Å². The summed E-state index contributed by atoms with van der Waals surface area (Å²) in [6.45, 7) is 9.62. The van der Waals surface area contributed by atoms with Crippen molar-refractivity contribution in [3.8, 4) is 0 Å². The lowest BCUT2D eigenvalue weighted by Gasteiger charge is -2.26. The van der Waals surface area contributed by atoms with Gasteiger partial charge in [-0.3, -0.25) is 9.59 Å². The van der Waals surface area contributed by atoms with E-state index in [9.17, 15) is 9.59 Å². The van der Waals surface area contributed by atoms with Crippen molar-refractivity contribution in [1.29, 1.82) is 0 Å². The Labute approximate surface area is 147 Å². The summed E-state index contributed by atoms with van der Waals surface area (Å²) in [5.41, 5.74) is 0. The van der Waals surface area contributed by atoms with Gasteiger partial charge in [-0.15, -0.1) is 0 Å². The van der Waals surface area contributed by atoms with Gasteiger partial charge in [-0.05, 0) is 50.4 Å². The molecule has 0 heterocycles. The smallest absolute Gasteiger partial charge is 0.308 e. The molecule has 0 saturated heterocycles. The molecule has 0 aromatic rings. The summed E-state index contributed by atoms with van der Waals surface area (Å²) in [7, 11) is 0. The second-order valence-corrected chi connectivity index (χ2v) is 7.97. The van der Waals surface area contributed by atoms with E-state index in [0.717, 1.165) is 38.5 Å². The molecule has 24 heavy (non-hydrogen) atoms. The number of hydrogen-bond donors (Lipinski definition) is 0. The highest BCUT2D eigenvalue weighted by Crippen LogP contribution is 2.31. The summed E-state index contributed by atoms with van der Waals surface area (Å²) in [5.74, 6) is 0.698. The fourth-order valence-electron chi connectivity index (χ4n) is 3.08. The van der Waals surface area contributed by atoms with Crippen LogP contribution in [0.2, 0.25) is 0 Å². The molecule has 0 aromatic heterocycles. The van der Waals surface area contributed by atoms with E-state index in [1.54, 1.807) is 0 Å². The van der Waals surface area contributed by atoms with Crippen molar-refractivity contribution in [2.75, 3.05) is 13.2 Å². The fourth-order valence-corrected chi connectivity index (χ4v) is 3.08. The molecule has 1 fully saturated rings. The average Bonchev–Trinajstić information content (AvgIpc) is 2.53. The molecule has 0 aliphatic heterocycles. The van der Waals surface area contributed by atoms with Gasteiger partial charge in [0.05, 0.1) is 25.0 Å². The number of hydrogen-bond acceptors (Lipinski definition) is 4. The normalized spacial score (nSPS) is 21.1. The molecule has 4 heteroatoms. The molecule has 2 atom stereocenters. The highest BCUT2D eigenvalue weighted by molar-refractivity contribution is 5.76. The maximum Gasteiger partial charge on any atom is 0.308 e. The van der Waals surface area contributed by atoms with E-state index in [4.69, 9.17) is 9.47 Å². The van der Waals surface area contributed by atoms with E-state index >= 15 is 0 Å². The van der Waals surface area contributed by atoms with Gasteiger partial charge in [-0.1, -0.05) is 40.5 Å². The van der Waals surface area contributed by atoms with Gasteiger partial charge in [0.25, 0.3) is 0 Å². The Hall–Kier alpha value is -1.06. The zero-order valence-electron chi connectivity index (χ0n) is 16.0. The van der Waals surface area contributed by atoms with Crippen LogP contribution in [0, 0.1) is 23.7 Å². The summed E-state index contributed by atoms with van der Waals surface area (Å²) in [6.07, 6.45) is 7.24. The van der Waals surface area contributed by atoms with Gasteiger partial charge in [-0.2, -0.15) is 0 Å². The van der Waals surface area contributed by atoms with Gasteiger partial charge in [0.2, 0.25) is 0 Å². The van der Waals surface area contributed by atoms with Gasteiger partial charge < -0.3 is 9.47 Å². The molecular formula is C20H36O4. The Morgan fingerprint density at radius 1 is 0.833 bits per heavy atom. The lowest BCUT2D eigenvalue weighted by Crippen LogP contribution is -2.30. The number of rotatable bonds is 10. The number of carbonyl (C=O) groups excluding carboxylic acids is 2. The van der Waals surface area contributed by atoms with Crippen molar-refractivity contribution >= 4 is 11.9 Å². The van der Waals surface area contributed by atoms with Crippen LogP contribution in [-0.2, 0) is 19.1 Å². The second-order valence-electron chi connectivity index (χ2n) is 7.97. The van der Waals surface area contributed by atoms with Gasteiger partial charge in [0, 0.05) is 0 Å². The SMILES string of the molecule is CC(C)CCCCOC(=O)C1CCCC(C(=O)OCCC(C)C)C1. The lowest BCUT2D eigenvalue weighted by atomic mass is 9.81. The quantitative estimate of drug-likeness (QED) is 0.425. The molecule has 0 amide bonds. The van der Waals surface area contributed by atoms with Crippen LogP contribution < -0.4 is 0 Å². The highest BCUT2D eigenvalue weighted by Gasteiger charge is 2.32. The number of ether oxygens (including phenoxy) is 2. The molecule has 0 radical (unpaired) electrons. The van der Waals surface area contributed by atoms with Crippen LogP contribution >= 0.6 is 0 Å². The first kappa shape index (κ1) is 21.0. The van der Waals surface area contributed by atoms with Gasteiger partial charge in [-0.25, -0.2) is 0 Å². The van der Waals surface area contributed by atoms with E-state index < -0.39 is 0 Å². The Bertz CT molecular complexity index is 376. The summed E-state index contributed by atoms with van der Waals surface area (Å²) in [6, 6.07) is 0. The number of carbonyl (C=O) groups is 2. The summed E-state index contributed by atoms with van der Waals surface area (Å²) < 4.78 is 10.8. The Kier molecular flexibility index (Phi) is 10.0. The Morgan fingerprint density at radius 3 is 1.92 bits per heavy atom. The van der Waals surface area contributed by atoms with Crippen LogP contribution in [0.3, 0.4) is 0 Å². The first-order valence-electron chi connectivity index (χ1n) is 9.73. The highest BCUT2D eigenvalue weighted by atomic mass is 16.5. The summed E-state index contributed by atoms with van der Waals surface area (Å²) in [5, 5.41) is 0. The first-order chi connectivity index (χ1) is 11.4. The molecule has 1 aliphatic carbocycles. The van der Waals surface area contributed by atoms with E-state index in [0.29, 0.717) is 31.5 Å². The summed E-state index contributed by atoms with van der Waals surface area (Å²) in [4.78, 5) is 24.3. The first-order valence-corrected chi connectivity index (χ1v) is 9.73. The van der Waals surface area contributed by atoms with Crippen LogP contribution in [-0.4, -0.2) is 25.2 Å². The van der Waals surface area contributed by atoms with Crippen molar-refractivity contribution in [2.45, 2.75) is 79.1 Å². The zero-order valence-corrected chi connectivity index (χ0v) is 16.0. The minimum atomic E-state index is -0.135. The van der Waals surface area contributed by atoms with Crippen LogP contribution in [0.15, 0.2) is 0 Å². The molecule has 0 N–H and O–H groups in total. The molecular weight excluding hydrogens is 304 g/mol. The predicted octanol–water partition coefficient (Wildman–Crippen LogP) is 4.75. The third kappa shape index (κ3) is 8.70. The van der Waals surface area contributed by atoms with Crippen LogP contribution in [0.1, 0.15) is 79.1 Å². The molecule has 1 aliphatic rings. The fraction of sp³-hybridized carbons (Fsp3) is 0.900. The summed E-state index contributed by atoms with van der Waals surface area (Å²) >= 11 is 0. The zero-order chi connectivity index (χ0) is 17.9. The van der Waals surface area contributed by atoms with Crippen LogP contribution in [0.4, 0.5) is 0 Å². The number of unbranched alkanes of at least 4 members (excludes halogenated alkanes) is 1. The second kappa shape index (κ2) is 11.5. The maximum absolute atomic E-state index is 12.2. The molecule has 4 nitrogen and oxygen atoms in total. The monoisotopic (exact) mass is 340 g/mol. The lowest BCUT2D eigenvalue weighted by molar-refractivity contribution is -0.155. The van der Waals surface area contributed by atoms with Crippen LogP contribution in [0.5, 0.6) is 0 Å². The molecule has 0 bridgehead atoms. The molecule has 2 unspecified atom stereocenters. The molecule has 1 saturated carbocycles. The van der Waals surface area contributed by atoms with Crippen molar-refractivity contribution in [3.63, 3.8) is 0 Å². The van der Waals surface area contributed by atoms with E-state index in [1.807, 2.05) is 0 Å². The largest absolute Gasteiger partial charge is 0.465 e. The van der Waals surface area contributed by atoms with Gasteiger partial charge >= 0.3 is 11.9 Å². The van der Waals surface area contributed by atoms with Gasteiger partial charge in [0.1, 0.15) is 0 Å². The average molecular weight is 341 g/mol. The van der Waals surface area contributed by atoms with E-state index in [2.05, 4.69) is 27.7 Å². The van der Waals surface area contributed by atoms with E-state index in [1.165, 1.54) is 6.42 Å². The standard InChI is InChI=1S/C20H36O4/c1-15(2)8-5-6-12-23-19(21)17-9-7-10-18(14-17)20(22)24-13-11-16(3)4/h15-18H,5-14H2,1-4H3. The van der Waals surface area contributed by atoms with Crippen LogP contribution in [0.25, 0.3) is 0 Å². The topological polar surface area (TPSA) is 52.6 Å². The Balaban J connectivity index is 2.26. The van der Waals surface area contributed by atoms with Crippen molar-refractivity contribution in [3.05, 3.63) is 0 Å². The molecule has 0 aromatic carbocycles. The van der Waals surface area contributed by atoms with Gasteiger partial charge in [0.15, 0.2) is 0 Å². The molecule has 0 spiro atoms. The molecule has 1 rings (SSSR count). The number of esters is 2. The third-order valence-corrected chi connectivity index (χ3v) is 4.70. The third-order valence-electron chi connectivity index (χ3n) is 4.70. The van der Waals surface area contributed by atoms with Crippen molar-refractivity contribution in [1.82, 2.24) is 0 Å². The minimum Gasteiger partial charge on any atom is -0.465 e. The predicted molar refractivity (Wildman–Crippen MR) is 95.5 cm³/mol. The van der Waals surface area contributed by atoms with Crippen molar-refractivity contribution in [2.24, 2.45) is 23.7 Å². The molecule has 140 valence electrons.